The molecular formula is C13H24N2O3. The molecular weight excluding hydrogens is 232 g/mol. The quantitative estimate of drug-likeness (QED) is 0.713. The van der Waals surface area contributed by atoms with Gasteiger partial charge in [-0.25, -0.2) is 4.79 Å². The van der Waals surface area contributed by atoms with Crippen LogP contribution < -0.4 is 11.1 Å². The number of rotatable bonds is 5. The molecule has 104 valence electrons. The largest absolute Gasteiger partial charge is 0.467 e. The Labute approximate surface area is 108 Å². The Kier molecular flexibility index (Phi) is 5.59. The Morgan fingerprint density at radius 1 is 1.44 bits per heavy atom. The van der Waals surface area contributed by atoms with Crippen molar-refractivity contribution in [1.82, 2.24) is 5.32 Å². The van der Waals surface area contributed by atoms with E-state index in [4.69, 9.17) is 10.5 Å². The SMILES string of the molecule is CCC(C)C(NC(=O)C1CCCC1N)C(=O)OC. The highest BCUT2D eigenvalue weighted by molar-refractivity contribution is 5.86. The number of methoxy groups -OCH3 is 1. The van der Waals surface area contributed by atoms with Crippen LogP contribution in [0.4, 0.5) is 0 Å². The topological polar surface area (TPSA) is 81.4 Å². The Bertz CT molecular complexity index is 307. The van der Waals surface area contributed by atoms with Crippen molar-refractivity contribution in [2.75, 3.05) is 7.11 Å². The van der Waals surface area contributed by atoms with E-state index in [2.05, 4.69) is 5.32 Å². The number of nitrogens with two attached hydrogens (primary N) is 1. The lowest BCUT2D eigenvalue weighted by molar-refractivity contribution is -0.147. The van der Waals surface area contributed by atoms with Crippen LogP contribution in [0.5, 0.6) is 0 Å². The summed E-state index contributed by atoms with van der Waals surface area (Å²) in [6.45, 7) is 3.91. The number of nitrogens with one attached hydrogen (secondary N) is 1. The molecule has 0 radical (unpaired) electrons. The van der Waals surface area contributed by atoms with Crippen LogP contribution in [0.2, 0.25) is 0 Å². The normalized spacial score (nSPS) is 26.4. The van der Waals surface area contributed by atoms with Gasteiger partial charge in [0.2, 0.25) is 5.91 Å². The average molecular weight is 256 g/mol. The predicted octanol–water partition coefficient (Wildman–Crippen LogP) is 0.818. The summed E-state index contributed by atoms with van der Waals surface area (Å²) in [6.07, 6.45) is 3.47. The van der Waals surface area contributed by atoms with Crippen molar-refractivity contribution in [3.05, 3.63) is 0 Å². The lowest BCUT2D eigenvalue weighted by Gasteiger charge is -2.24. The standard InChI is InChI=1S/C13H24N2O3/c1-4-8(2)11(13(17)18-3)15-12(16)9-6-5-7-10(9)14/h8-11H,4-7,14H2,1-3H3,(H,15,16). The van der Waals surface area contributed by atoms with Crippen LogP contribution in [0.3, 0.4) is 0 Å². The zero-order valence-corrected chi connectivity index (χ0v) is 11.4. The monoisotopic (exact) mass is 256 g/mol. The second kappa shape index (κ2) is 6.73. The van der Waals surface area contributed by atoms with Gasteiger partial charge in [0, 0.05) is 6.04 Å². The van der Waals surface area contributed by atoms with E-state index >= 15 is 0 Å². The van der Waals surface area contributed by atoms with Crippen LogP contribution in [0.1, 0.15) is 39.5 Å². The second-order valence-electron chi connectivity index (χ2n) is 5.10. The summed E-state index contributed by atoms with van der Waals surface area (Å²) in [5.41, 5.74) is 5.90. The highest BCUT2D eigenvalue weighted by Crippen LogP contribution is 2.24. The van der Waals surface area contributed by atoms with Gasteiger partial charge in [0.1, 0.15) is 6.04 Å². The van der Waals surface area contributed by atoms with Gasteiger partial charge in [0.25, 0.3) is 0 Å². The number of carbonyl (C=O) groups is 2. The maximum atomic E-state index is 12.1. The van der Waals surface area contributed by atoms with Gasteiger partial charge in [-0.15, -0.1) is 0 Å². The summed E-state index contributed by atoms with van der Waals surface area (Å²) in [5, 5.41) is 2.80. The first-order chi connectivity index (χ1) is 8.51. The molecule has 0 aliphatic heterocycles. The summed E-state index contributed by atoms with van der Waals surface area (Å²) >= 11 is 0. The van der Waals surface area contributed by atoms with E-state index < -0.39 is 6.04 Å². The van der Waals surface area contributed by atoms with Gasteiger partial charge in [0.15, 0.2) is 0 Å². The molecule has 5 heteroatoms. The van der Waals surface area contributed by atoms with Gasteiger partial charge in [0.05, 0.1) is 13.0 Å². The Morgan fingerprint density at radius 2 is 2.11 bits per heavy atom. The second-order valence-corrected chi connectivity index (χ2v) is 5.10. The van der Waals surface area contributed by atoms with Crippen LogP contribution >= 0.6 is 0 Å². The first-order valence-electron chi connectivity index (χ1n) is 6.65. The molecule has 0 aromatic heterocycles. The maximum absolute atomic E-state index is 12.1. The lowest BCUT2D eigenvalue weighted by atomic mass is 9.97. The van der Waals surface area contributed by atoms with Crippen LogP contribution in [0, 0.1) is 11.8 Å². The van der Waals surface area contributed by atoms with E-state index in [0.717, 1.165) is 25.7 Å². The van der Waals surface area contributed by atoms with Gasteiger partial charge in [-0.2, -0.15) is 0 Å². The van der Waals surface area contributed by atoms with E-state index in [1.165, 1.54) is 7.11 Å². The third kappa shape index (κ3) is 3.45. The molecule has 0 aromatic carbocycles. The minimum atomic E-state index is -0.569. The molecule has 5 nitrogen and oxygen atoms in total. The van der Waals surface area contributed by atoms with Crippen LogP contribution in [-0.2, 0) is 14.3 Å². The highest BCUT2D eigenvalue weighted by atomic mass is 16.5. The van der Waals surface area contributed by atoms with Crippen molar-refractivity contribution < 1.29 is 14.3 Å². The van der Waals surface area contributed by atoms with Gasteiger partial charge in [-0.1, -0.05) is 26.7 Å². The number of hydrogen-bond acceptors (Lipinski definition) is 4. The first-order valence-corrected chi connectivity index (χ1v) is 6.65. The highest BCUT2D eigenvalue weighted by Gasteiger charge is 2.34. The van der Waals surface area contributed by atoms with Gasteiger partial charge < -0.3 is 15.8 Å². The molecule has 1 amide bonds. The molecule has 1 aliphatic rings. The van der Waals surface area contributed by atoms with Crippen LogP contribution in [-0.4, -0.2) is 31.1 Å². The fraction of sp³-hybridized carbons (Fsp3) is 0.846. The Morgan fingerprint density at radius 3 is 2.56 bits per heavy atom. The number of ether oxygens (including phenoxy) is 1. The molecule has 1 rings (SSSR count). The third-order valence-corrected chi connectivity index (χ3v) is 3.87. The molecule has 1 saturated carbocycles. The molecule has 0 bridgehead atoms. The summed E-state index contributed by atoms with van der Waals surface area (Å²) < 4.78 is 4.74. The Balaban J connectivity index is 2.65. The van der Waals surface area contributed by atoms with E-state index in [1.807, 2.05) is 13.8 Å². The molecule has 0 saturated heterocycles. The fourth-order valence-electron chi connectivity index (χ4n) is 2.37. The molecule has 1 aliphatic carbocycles. The van der Waals surface area contributed by atoms with E-state index in [0.29, 0.717) is 0 Å². The van der Waals surface area contributed by atoms with Crippen molar-refractivity contribution in [1.29, 1.82) is 0 Å². The third-order valence-electron chi connectivity index (χ3n) is 3.87. The molecule has 18 heavy (non-hydrogen) atoms. The van der Waals surface area contributed by atoms with Crippen molar-refractivity contribution in [2.45, 2.75) is 51.6 Å². The van der Waals surface area contributed by atoms with E-state index in [1.54, 1.807) is 0 Å². The zero-order valence-electron chi connectivity index (χ0n) is 11.4. The molecule has 4 unspecified atom stereocenters. The summed E-state index contributed by atoms with van der Waals surface area (Å²) in [4.78, 5) is 23.8. The Hall–Kier alpha value is -1.10. The van der Waals surface area contributed by atoms with Crippen molar-refractivity contribution in [3.8, 4) is 0 Å². The zero-order chi connectivity index (χ0) is 13.7. The smallest absolute Gasteiger partial charge is 0.328 e. The van der Waals surface area contributed by atoms with Crippen LogP contribution in [0.25, 0.3) is 0 Å². The summed E-state index contributed by atoms with van der Waals surface area (Å²) in [6, 6.07) is -0.652. The van der Waals surface area contributed by atoms with Crippen molar-refractivity contribution in [3.63, 3.8) is 0 Å². The molecule has 4 atom stereocenters. The minimum absolute atomic E-state index is 0.0547. The number of carbonyl (C=O) groups excluding carboxylic acids is 2. The van der Waals surface area contributed by atoms with Gasteiger partial charge in [-0.3, -0.25) is 4.79 Å². The number of hydrogen-bond donors (Lipinski definition) is 2. The van der Waals surface area contributed by atoms with Crippen molar-refractivity contribution >= 4 is 11.9 Å². The molecule has 1 fully saturated rings. The minimum Gasteiger partial charge on any atom is -0.467 e. The van der Waals surface area contributed by atoms with E-state index in [-0.39, 0.29) is 29.8 Å². The summed E-state index contributed by atoms with van der Waals surface area (Å²) in [7, 11) is 1.34. The predicted molar refractivity (Wildman–Crippen MR) is 68.7 cm³/mol. The first kappa shape index (κ1) is 15.0. The molecule has 3 N–H and O–H groups in total. The maximum Gasteiger partial charge on any atom is 0.328 e. The average Bonchev–Trinajstić information content (AvgIpc) is 2.80. The number of amides is 1. The van der Waals surface area contributed by atoms with E-state index in [9.17, 15) is 9.59 Å². The molecule has 0 heterocycles. The van der Waals surface area contributed by atoms with Crippen LogP contribution in [0.15, 0.2) is 0 Å². The molecule has 0 aromatic rings. The summed E-state index contributed by atoms with van der Waals surface area (Å²) in [5.74, 6) is -0.611. The lowest BCUT2D eigenvalue weighted by Crippen LogP contribution is -2.49. The number of esters is 1. The van der Waals surface area contributed by atoms with Crippen molar-refractivity contribution in [2.24, 2.45) is 17.6 Å². The van der Waals surface area contributed by atoms with Gasteiger partial charge >= 0.3 is 5.97 Å². The molecule has 0 spiro atoms. The van der Waals surface area contributed by atoms with Gasteiger partial charge in [-0.05, 0) is 18.8 Å². The fourth-order valence-corrected chi connectivity index (χ4v) is 2.37.